The van der Waals surface area contributed by atoms with Gasteiger partial charge in [-0.25, -0.2) is 0 Å². The van der Waals surface area contributed by atoms with E-state index >= 15 is 0 Å². The summed E-state index contributed by atoms with van der Waals surface area (Å²) in [6.45, 7) is 4.12. The number of nitrogens with zero attached hydrogens (tertiary/aromatic N) is 2. The Morgan fingerprint density at radius 1 is 1.22 bits per heavy atom. The van der Waals surface area contributed by atoms with E-state index in [9.17, 15) is 9.90 Å². The van der Waals surface area contributed by atoms with E-state index in [1.807, 2.05) is 0 Å². The molecule has 2 aliphatic heterocycles. The molecule has 2 N–H and O–H groups in total. The van der Waals surface area contributed by atoms with Gasteiger partial charge in [0.2, 0.25) is 5.91 Å². The zero-order valence-corrected chi connectivity index (χ0v) is 10.8. The summed E-state index contributed by atoms with van der Waals surface area (Å²) in [5.74, 6) is 0.117. The SMILES string of the molecule is O=C(CN1C[C@H](O)[C@@H](N2CCCC2)C1)NC1CC1. The van der Waals surface area contributed by atoms with E-state index in [2.05, 4.69) is 15.1 Å². The van der Waals surface area contributed by atoms with Crippen LogP contribution in [0, 0.1) is 0 Å². The van der Waals surface area contributed by atoms with Crippen LogP contribution in [0.4, 0.5) is 0 Å². The molecule has 102 valence electrons. The number of carbonyl (C=O) groups excluding carboxylic acids is 1. The summed E-state index contributed by atoms with van der Waals surface area (Å²) in [7, 11) is 0. The summed E-state index contributed by atoms with van der Waals surface area (Å²) < 4.78 is 0. The largest absolute Gasteiger partial charge is 0.390 e. The van der Waals surface area contributed by atoms with Crippen LogP contribution in [0.1, 0.15) is 25.7 Å². The number of aliphatic hydroxyl groups excluding tert-OH is 1. The van der Waals surface area contributed by atoms with Gasteiger partial charge in [-0.15, -0.1) is 0 Å². The third-order valence-corrected chi connectivity index (χ3v) is 4.25. The number of aliphatic hydroxyl groups is 1. The first kappa shape index (κ1) is 12.4. The van der Waals surface area contributed by atoms with Crippen molar-refractivity contribution in [2.45, 2.75) is 43.9 Å². The van der Waals surface area contributed by atoms with Gasteiger partial charge in [0, 0.05) is 25.2 Å². The molecule has 3 rings (SSSR count). The van der Waals surface area contributed by atoms with E-state index in [4.69, 9.17) is 0 Å². The molecular weight excluding hydrogens is 230 g/mol. The molecule has 1 amide bonds. The Bertz CT molecular complexity index is 313. The van der Waals surface area contributed by atoms with Crippen LogP contribution in [0.3, 0.4) is 0 Å². The molecule has 2 saturated heterocycles. The van der Waals surface area contributed by atoms with Gasteiger partial charge < -0.3 is 10.4 Å². The number of nitrogens with one attached hydrogen (secondary N) is 1. The normalized spacial score (nSPS) is 34.1. The average molecular weight is 253 g/mol. The highest BCUT2D eigenvalue weighted by molar-refractivity contribution is 5.78. The summed E-state index contributed by atoms with van der Waals surface area (Å²) in [6, 6.07) is 0.667. The Morgan fingerprint density at radius 2 is 1.94 bits per heavy atom. The molecule has 2 heterocycles. The Hall–Kier alpha value is -0.650. The van der Waals surface area contributed by atoms with E-state index in [0.717, 1.165) is 32.5 Å². The topological polar surface area (TPSA) is 55.8 Å². The minimum atomic E-state index is -0.295. The fourth-order valence-electron chi connectivity index (χ4n) is 3.11. The molecule has 3 fully saturated rings. The van der Waals surface area contributed by atoms with Crippen molar-refractivity contribution >= 4 is 5.91 Å². The van der Waals surface area contributed by atoms with Gasteiger partial charge in [-0.05, 0) is 38.8 Å². The molecular formula is C13H23N3O2. The van der Waals surface area contributed by atoms with Gasteiger partial charge in [0.15, 0.2) is 0 Å². The van der Waals surface area contributed by atoms with Crippen molar-refractivity contribution in [3.8, 4) is 0 Å². The molecule has 5 nitrogen and oxygen atoms in total. The highest BCUT2D eigenvalue weighted by atomic mass is 16.3. The van der Waals surface area contributed by atoms with Crippen LogP contribution in [0.25, 0.3) is 0 Å². The lowest BCUT2D eigenvalue weighted by Gasteiger charge is -2.25. The average Bonchev–Trinajstić information content (AvgIpc) is 2.85. The highest BCUT2D eigenvalue weighted by Crippen LogP contribution is 2.21. The van der Waals surface area contributed by atoms with Gasteiger partial charge in [-0.3, -0.25) is 14.6 Å². The lowest BCUT2D eigenvalue weighted by atomic mass is 10.2. The molecule has 0 radical (unpaired) electrons. The van der Waals surface area contributed by atoms with E-state index in [1.165, 1.54) is 12.8 Å². The molecule has 0 aromatic carbocycles. The van der Waals surface area contributed by atoms with Gasteiger partial charge in [-0.2, -0.15) is 0 Å². The number of amides is 1. The van der Waals surface area contributed by atoms with Crippen molar-refractivity contribution in [2.75, 3.05) is 32.7 Å². The molecule has 2 atom stereocenters. The Kier molecular flexibility index (Phi) is 3.54. The molecule has 0 bridgehead atoms. The first-order valence-corrected chi connectivity index (χ1v) is 7.16. The zero-order chi connectivity index (χ0) is 12.5. The second-order valence-electron chi connectivity index (χ2n) is 5.91. The van der Waals surface area contributed by atoms with Gasteiger partial charge in [0.05, 0.1) is 12.6 Å². The van der Waals surface area contributed by atoms with Crippen molar-refractivity contribution in [2.24, 2.45) is 0 Å². The van der Waals surface area contributed by atoms with Crippen molar-refractivity contribution in [1.82, 2.24) is 15.1 Å². The Morgan fingerprint density at radius 3 is 2.61 bits per heavy atom. The minimum Gasteiger partial charge on any atom is -0.390 e. The zero-order valence-electron chi connectivity index (χ0n) is 10.8. The number of hydrogen-bond donors (Lipinski definition) is 2. The van der Waals surface area contributed by atoms with Crippen molar-refractivity contribution in [3.63, 3.8) is 0 Å². The van der Waals surface area contributed by atoms with Gasteiger partial charge in [0.25, 0.3) is 0 Å². The fraction of sp³-hybridized carbons (Fsp3) is 0.923. The van der Waals surface area contributed by atoms with Crippen molar-refractivity contribution in [1.29, 1.82) is 0 Å². The first-order valence-electron chi connectivity index (χ1n) is 7.16. The molecule has 1 saturated carbocycles. The smallest absolute Gasteiger partial charge is 0.234 e. The first-order chi connectivity index (χ1) is 8.72. The van der Waals surface area contributed by atoms with Crippen LogP contribution in [0.5, 0.6) is 0 Å². The van der Waals surface area contributed by atoms with E-state index in [-0.39, 0.29) is 18.1 Å². The van der Waals surface area contributed by atoms with E-state index in [0.29, 0.717) is 19.1 Å². The monoisotopic (exact) mass is 253 g/mol. The standard InChI is InChI=1S/C13H23N3O2/c17-12-8-15(9-13(18)14-10-3-4-10)7-11(12)16-5-1-2-6-16/h10-12,17H,1-9H2,(H,14,18)/t11-,12-/m0/s1. The quantitative estimate of drug-likeness (QED) is 0.703. The second kappa shape index (κ2) is 5.15. The van der Waals surface area contributed by atoms with Gasteiger partial charge in [0.1, 0.15) is 0 Å². The fourth-order valence-corrected chi connectivity index (χ4v) is 3.11. The van der Waals surface area contributed by atoms with Gasteiger partial charge in [-0.1, -0.05) is 0 Å². The summed E-state index contributed by atoms with van der Waals surface area (Å²) in [5, 5.41) is 13.1. The Balaban J connectivity index is 1.47. The van der Waals surface area contributed by atoms with Crippen LogP contribution >= 0.6 is 0 Å². The third kappa shape index (κ3) is 2.84. The second-order valence-corrected chi connectivity index (χ2v) is 5.91. The third-order valence-electron chi connectivity index (χ3n) is 4.25. The highest BCUT2D eigenvalue weighted by Gasteiger charge is 2.37. The van der Waals surface area contributed by atoms with Crippen LogP contribution in [-0.4, -0.2) is 71.7 Å². The maximum absolute atomic E-state index is 11.7. The van der Waals surface area contributed by atoms with Crippen LogP contribution in [-0.2, 0) is 4.79 Å². The van der Waals surface area contributed by atoms with Crippen molar-refractivity contribution < 1.29 is 9.90 Å². The predicted molar refractivity (Wildman–Crippen MR) is 68.2 cm³/mol. The number of β-amino-alcohol motifs (C(OH)–C–C–N with tert-alkyl or cyclic N) is 1. The molecule has 0 unspecified atom stereocenters. The number of rotatable bonds is 4. The summed E-state index contributed by atoms with van der Waals surface area (Å²) in [5.41, 5.74) is 0. The lowest BCUT2D eigenvalue weighted by Crippen LogP contribution is -2.42. The molecule has 0 aromatic rings. The molecule has 18 heavy (non-hydrogen) atoms. The lowest BCUT2D eigenvalue weighted by molar-refractivity contribution is -0.122. The van der Waals surface area contributed by atoms with Crippen molar-refractivity contribution in [3.05, 3.63) is 0 Å². The molecule has 3 aliphatic rings. The predicted octanol–water partition coefficient (Wildman–Crippen LogP) is -0.594. The van der Waals surface area contributed by atoms with Gasteiger partial charge >= 0.3 is 0 Å². The van der Waals surface area contributed by atoms with Crippen LogP contribution in [0.15, 0.2) is 0 Å². The van der Waals surface area contributed by atoms with Crippen LogP contribution < -0.4 is 5.32 Å². The molecule has 1 aliphatic carbocycles. The maximum Gasteiger partial charge on any atom is 0.234 e. The van der Waals surface area contributed by atoms with E-state index in [1.54, 1.807) is 0 Å². The summed E-state index contributed by atoms with van der Waals surface area (Å²) in [6.07, 6.45) is 4.45. The number of carbonyl (C=O) groups is 1. The summed E-state index contributed by atoms with van der Waals surface area (Å²) in [4.78, 5) is 16.2. The molecule has 0 aromatic heterocycles. The minimum absolute atomic E-state index is 0.117. The summed E-state index contributed by atoms with van der Waals surface area (Å²) >= 11 is 0. The Labute approximate surface area is 108 Å². The van der Waals surface area contributed by atoms with Crippen LogP contribution in [0.2, 0.25) is 0 Å². The molecule has 5 heteroatoms. The maximum atomic E-state index is 11.7. The molecule has 0 spiro atoms. The van der Waals surface area contributed by atoms with E-state index < -0.39 is 0 Å². The number of hydrogen-bond acceptors (Lipinski definition) is 4. The number of likely N-dealkylation sites (tertiary alicyclic amines) is 2.